The highest BCUT2D eigenvalue weighted by Gasteiger charge is 2.10. The number of carbonyl (C=O) groups is 1. The van der Waals surface area contributed by atoms with E-state index in [1.807, 2.05) is 83.7 Å². The van der Waals surface area contributed by atoms with Crippen LogP contribution in [0.15, 0.2) is 79.0 Å². The van der Waals surface area contributed by atoms with Crippen LogP contribution in [0.1, 0.15) is 32.1 Å². The van der Waals surface area contributed by atoms with Crippen LogP contribution in [0, 0.1) is 0 Å². The summed E-state index contributed by atoms with van der Waals surface area (Å²) in [6, 6.07) is 22.5. The summed E-state index contributed by atoms with van der Waals surface area (Å²) in [5.74, 6) is 1.48. The SMILES string of the molecule is O=C(Nc1ccc(Oc2ccccc2)cc1)Nc1ccc2cnn(CCCN3CCCCCC3)c2c1. The Bertz CT molecular complexity index is 1260. The van der Waals surface area contributed by atoms with Gasteiger partial charge in [0.15, 0.2) is 0 Å². The molecular weight excluding hydrogens is 450 g/mol. The monoisotopic (exact) mass is 483 g/mol. The molecule has 0 aliphatic carbocycles. The van der Waals surface area contributed by atoms with Crippen LogP contribution in [0.2, 0.25) is 0 Å². The average Bonchev–Trinajstić information content (AvgIpc) is 3.10. The first-order chi connectivity index (χ1) is 17.7. The fraction of sp³-hybridized carbons (Fsp3) is 0.310. The Kier molecular flexibility index (Phi) is 7.78. The Hall–Kier alpha value is -3.84. The van der Waals surface area contributed by atoms with Crippen LogP contribution in [0.4, 0.5) is 16.2 Å². The van der Waals surface area contributed by atoms with Gasteiger partial charge in [0.2, 0.25) is 0 Å². The van der Waals surface area contributed by atoms with Gasteiger partial charge in [-0.25, -0.2) is 4.79 Å². The molecule has 1 aromatic heterocycles. The van der Waals surface area contributed by atoms with Crippen LogP contribution in [-0.2, 0) is 6.54 Å². The van der Waals surface area contributed by atoms with Crippen LogP contribution < -0.4 is 15.4 Å². The number of carbonyl (C=O) groups excluding carboxylic acids is 1. The smallest absolute Gasteiger partial charge is 0.323 e. The lowest BCUT2D eigenvalue weighted by Gasteiger charge is -2.19. The van der Waals surface area contributed by atoms with Gasteiger partial charge in [-0.15, -0.1) is 0 Å². The number of para-hydroxylation sites is 1. The molecule has 3 aromatic carbocycles. The first-order valence-corrected chi connectivity index (χ1v) is 12.8. The summed E-state index contributed by atoms with van der Waals surface area (Å²) < 4.78 is 7.85. The molecule has 0 saturated carbocycles. The van der Waals surface area contributed by atoms with E-state index in [9.17, 15) is 4.79 Å². The first kappa shape index (κ1) is 23.9. The number of aryl methyl sites for hydroxylation is 1. The van der Waals surface area contributed by atoms with Crippen molar-refractivity contribution in [2.45, 2.75) is 38.6 Å². The van der Waals surface area contributed by atoms with E-state index in [1.165, 1.54) is 38.8 Å². The molecule has 5 rings (SSSR count). The summed E-state index contributed by atoms with van der Waals surface area (Å²) in [7, 11) is 0. The second-order valence-electron chi connectivity index (χ2n) is 9.27. The number of fused-ring (bicyclic) bond motifs is 1. The van der Waals surface area contributed by atoms with Crippen molar-refractivity contribution in [2.75, 3.05) is 30.3 Å². The number of amides is 2. The van der Waals surface area contributed by atoms with Gasteiger partial charge < -0.3 is 20.3 Å². The summed E-state index contributed by atoms with van der Waals surface area (Å²) in [6.07, 6.45) is 8.30. The molecule has 1 fully saturated rings. The van der Waals surface area contributed by atoms with Gasteiger partial charge in [0.25, 0.3) is 0 Å². The molecule has 2 N–H and O–H groups in total. The van der Waals surface area contributed by atoms with Crippen molar-refractivity contribution in [1.82, 2.24) is 14.7 Å². The Labute approximate surface area is 212 Å². The minimum Gasteiger partial charge on any atom is -0.457 e. The van der Waals surface area contributed by atoms with Gasteiger partial charge in [0, 0.05) is 23.3 Å². The quantitative estimate of drug-likeness (QED) is 0.291. The number of anilines is 2. The number of aromatic nitrogens is 2. The van der Waals surface area contributed by atoms with E-state index in [4.69, 9.17) is 4.74 Å². The number of nitrogens with zero attached hydrogens (tertiary/aromatic N) is 3. The molecular formula is C29H33N5O2. The second-order valence-corrected chi connectivity index (χ2v) is 9.27. The van der Waals surface area contributed by atoms with E-state index in [1.54, 1.807) is 0 Å². The standard InChI is InChI=1S/C29H33N5O2/c35-29(31-24-13-15-27(16-14-24)36-26-9-4-3-5-10-26)32-25-12-11-23-22-30-34(28(23)21-25)20-8-19-33-17-6-1-2-7-18-33/h3-5,9-16,21-22H,1-2,6-8,17-20H2,(H2,31,32,35). The molecule has 4 aromatic rings. The number of nitrogens with one attached hydrogen (secondary N) is 2. The summed E-state index contributed by atoms with van der Waals surface area (Å²) in [5, 5.41) is 11.5. The minimum atomic E-state index is -0.293. The lowest BCUT2D eigenvalue weighted by atomic mass is 10.2. The fourth-order valence-electron chi connectivity index (χ4n) is 4.65. The van der Waals surface area contributed by atoms with Crippen molar-refractivity contribution in [3.8, 4) is 11.5 Å². The van der Waals surface area contributed by atoms with E-state index in [0.717, 1.165) is 41.9 Å². The minimum absolute atomic E-state index is 0.293. The molecule has 0 bridgehead atoms. The van der Waals surface area contributed by atoms with Crippen LogP contribution in [0.5, 0.6) is 11.5 Å². The third-order valence-corrected chi connectivity index (χ3v) is 6.54. The van der Waals surface area contributed by atoms with Gasteiger partial charge in [-0.05, 0) is 93.5 Å². The van der Waals surface area contributed by atoms with Crippen LogP contribution in [0.25, 0.3) is 10.9 Å². The molecule has 0 radical (unpaired) electrons. The van der Waals surface area contributed by atoms with Gasteiger partial charge in [0.05, 0.1) is 11.7 Å². The highest BCUT2D eigenvalue weighted by Crippen LogP contribution is 2.23. The Morgan fingerprint density at radius 1 is 0.806 bits per heavy atom. The molecule has 0 spiro atoms. The zero-order valence-corrected chi connectivity index (χ0v) is 20.5. The van der Waals surface area contributed by atoms with Crippen molar-refractivity contribution >= 4 is 28.3 Å². The molecule has 36 heavy (non-hydrogen) atoms. The van der Waals surface area contributed by atoms with Crippen LogP contribution >= 0.6 is 0 Å². The van der Waals surface area contributed by atoms with E-state index in [-0.39, 0.29) is 6.03 Å². The zero-order chi connectivity index (χ0) is 24.6. The van der Waals surface area contributed by atoms with Crippen molar-refractivity contribution in [3.63, 3.8) is 0 Å². The maximum atomic E-state index is 12.6. The predicted molar refractivity (Wildman–Crippen MR) is 145 cm³/mol. The lowest BCUT2D eigenvalue weighted by Crippen LogP contribution is -2.26. The average molecular weight is 484 g/mol. The third-order valence-electron chi connectivity index (χ3n) is 6.54. The third kappa shape index (κ3) is 6.43. The summed E-state index contributed by atoms with van der Waals surface area (Å²) >= 11 is 0. The van der Waals surface area contributed by atoms with Gasteiger partial charge in [-0.2, -0.15) is 5.10 Å². The number of benzene rings is 3. The van der Waals surface area contributed by atoms with Gasteiger partial charge in [-0.1, -0.05) is 31.0 Å². The summed E-state index contributed by atoms with van der Waals surface area (Å²) in [5.41, 5.74) is 2.46. The number of urea groups is 1. The Morgan fingerprint density at radius 3 is 2.28 bits per heavy atom. The number of ether oxygens (including phenoxy) is 1. The highest BCUT2D eigenvalue weighted by molar-refractivity contribution is 6.00. The number of likely N-dealkylation sites (tertiary alicyclic amines) is 1. The van der Waals surface area contributed by atoms with Crippen molar-refractivity contribution in [1.29, 1.82) is 0 Å². The Balaban J connectivity index is 1.15. The normalized spacial score (nSPS) is 14.3. The van der Waals surface area contributed by atoms with Gasteiger partial charge in [-0.3, -0.25) is 4.68 Å². The summed E-state index contributed by atoms with van der Waals surface area (Å²) in [6.45, 7) is 4.40. The number of rotatable bonds is 8. The first-order valence-electron chi connectivity index (χ1n) is 12.8. The van der Waals surface area contributed by atoms with Crippen molar-refractivity contribution in [3.05, 3.63) is 79.0 Å². The van der Waals surface area contributed by atoms with Crippen LogP contribution in [-0.4, -0.2) is 40.3 Å². The molecule has 2 heterocycles. The molecule has 0 unspecified atom stereocenters. The maximum Gasteiger partial charge on any atom is 0.323 e. The summed E-state index contributed by atoms with van der Waals surface area (Å²) in [4.78, 5) is 15.2. The molecule has 2 amide bonds. The number of hydrogen-bond donors (Lipinski definition) is 2. The van der Waals surface area contributed by atoms with E-state index >= 15 is 0 Å². The largest absolute Gasteiger partial charge is 0.457 e. The molecule has 1 aliphatic rings. The lowest BCUT2D eigenvalue weighted by molar-refractivity contribution is 0.262. The van der Waals surface area contributed by atoms with E-state index < -0.39 is 0 Å². The van der Waals surface area contributed by atoms with E-state index in [0.29, 0.717) is 11.4 Å². The second kappa shape index (κ2) is 11.7. The maximum absolute atomic E-state index is 12.6. The fourth-order valence-corrected chi connectivity index (χ4v) is 4.65. The van der Waals surface area contributed by atoms with E-state index in [2.05, 4.69) is 20.6 Å². The number of hydrogen-bond acceptors (Lipinski definition) is 4. The molecule has 1 aliphatic heterocycles. The van der Waals surface area contributed by atoms with Crippen molar-refractivity contribution < 1.29 is 9.53 Å². The van der Waals surface area contributed by atoms with Crippen LogP contribution in [0.3, 0.4) is 0 Å². The van der Waals surface area contributed by atoms with Gasteiger partial charge >= 0.3 is 6.03 Å². The molecule has 1 saturated heterocycles. The van der Waals surface area contributed by atoms with Gasteiger partial charge in [0.1, 0.15) is 11.5 Å². The predicted octanol–water partition coefficient (Wildman–Crippen LogP) is 6.74. The molecule has 186 valence electrons. The van der Waals surface area contributed by atoms with Crippen molar-refractivity contribution in [2.24, 2.45) is 0 Å². The Morgan fingerprint density at radius 2 is 1.50 bits per heavy atom. The molecule has 7 heteroatoms. The zero-order valence-electron chi connectivity index (χ0n) is 20.5. The topological polar surface area (TPSA) is 71.4 Å². The molecule has 7 nitrogen and oxygen atoms in total. The highest BCUT2D eigenvalue weighted by atomic mass is 16.5. The molecule has 0 atom stereocenters.